The summed E-state index contributed by atoms with van der Waals surface area (Å²) in [4.78, 5) is 34.4. The van der Waals surface area contributed by atoms with E-state index in [4.69, 9.17) is 11.6 Å². The van der Waals surface area contributed by atoms with Crippen molar-refractivity contribution in [2.24, 2.45) is 0 Å². The average Bonchev–Trinajstić information content (AvgIpc) is 3.27. The van der Waals surface area contributed by atoms with Gasteiger partial charge in [-0.2, -0.15) is 0 Å². The number of aromatic nitrogens is 4. The molecule has 5 rings (SSSR count). The first-order valence-electron chi connectivity index (χ1n) is 10.7. The molecule has 0 aliphatic rings. The van der Waals surface area contributed by atoms with Crippen LogP contribution in [0.4, 0.5) is 5.69 Å². The molecule has 0 spiro atoms. The predicted molar refractivity (Wildman–Crippen MR) is 133 cm³/mol. The van der Waals surface area contributed by atoms with Gasteiger partial charge in [-0.05, 0) is 48.0 Å². The Labute approximate surface area is 200 Å². The van der Waals surface area contributed by atoms with Crippen molar-refractivity contribution in [1.82, 2.24) is 19.1 Å². The van der Waals surface area contributed by atoms with Crippen LogP contribution < -0.4 is 10.9 Å². The monoisotopic (exact) mass is 469 g/mol. The standard InChI is InChI=1S/C26H20ClN5O2/c27-19-6-8-20(9-7-19)30-24(33)12-15-31-17-29-25-22(26(31)34)16-23(18-4-2-1-3-5-18)32(25)21-10-13-28-14-11-21/h1-11,13-14,16-17H,12,15H2,(H,30,33). The third-order valence-electron chi connectivity index (χ3n) is 5.48. The maximum Gasteiger partial charge on any atom is 0.262 e. The van der Waals surface area contributed by atoms with E-state index in [9.17, 15) is 9.59 Å². The summed E-state index contributed by atoms with van der Waals surface area (Å²) < 4.78 is 3.42. The Morgan fingerprint density at radius 1 is 0.971 bits per heavy atom. The van der Waals surface area contributed by atoms with Crippen molar-refractivity contribution in [1.29, 1.82) is 0 Å². The molecule has 0 radical (unpaired) electrons. The fraction of sp³-hybridized carbons (Fsp3) is 0.0769. The number of fused-ring (bicyclic) bond motifs is 1. The second kappa shape index (κ2) is 9.33. The van der Waals surface area contributed by atoms with Crippen LogP contribution in [0.25, 0.3) is 28.0 Å². The third kappa shape index (κ3) is 4.33. The summed E-state index contributed by atoms with van der Waals surface area (Å²) in [7, 11) is 0. The highest BCUT2D eigenvalue weighted by molar-refractivity contribution is 6.30. The van der Waals surface area contributed by atoms with Gasteiger partial charge in [0.2, 0.25) is 5.91 Å². The van der Waals surface area contributed by atoms with Gasteiger partial charge >= 0.3 is 0 Å². The number of hydrogen-bond acceptors (Lipinski definition) is 4. The van der Waals surface area contributed by atoms with Crippen LogP contribution in [0.5, 0.6) is 0 Å². The quantitative estimate of drug-likeness (QED) is 0.382. The Bertz CT molecular complexity index is 1510. The first kappa shape index (κ1) is 21.6. The first-order chi connectivity index (χ1) is 16.6. The molecule has 0 bridgehead atoms. The number of hydrogen-bond donors (Lipinski definition) is 1. The zero-order valence-corrected chi connectivity index (χ0v) is 18.8. The van der Waals surface area contributed by atoms with Crippen LogP contribution in [-0.2, 0) is 11.3 Å². The number of aryl methyl sites for hydroxylation is 1. The molecule has 8 heteroatoms. The number of benzene rings is 2. The van der Waals surface area contributed by atoms with E-state index in [-0.39, 0.29) is 24.4 Å². The summed E-state index contributed by atoms with van der Waals surface area (Å²) in [5.74, 6) is -0.200. The minimum absolute atomic E-state index is 0.131. The maximum atomic E-state index is 13.3. The summed E-state index contributed by atoms with van der Waals surface area (Å²) in [6.45, 7) is 0.211. The van der Waals surface area contributed by atoms with Crippen molar-refractivity contribution < 1.29 is 4.79 Å². The fourth-order valence-corrected chi connectivity index (χ4v) is 3.96. The molecule has 0 saturated carbocycles. The maximum absolute atomic E-state index is 13.3. The number of carbonyl (C=O) groups excluding carboxylic acids is 1. The van der Waals surface area contributed by atoms with Gasteiger partial charge in [0.25, 0.3) is 5.56 Å². The molecule has 7 nitrogen and oxygen atoms in total. The van der Waals surface area contributed by atoms with Crippen LogP contribution in [0.1, 0.15) is 6.42 Å². The summed E-state index contributed by atoms with van der Waals surface area (Å²) in [6, 6.07) is 22.3. The Balaban J connectivity index is 1.48. The van der Waals surface area contributed by atoms with Gasteiger partial charge in [0.05, 0.1) is 23.1 Å². The second-order valence-electron chi connectivity index (χ2n) is 7.72. The van der Waals surface area contributed by atoms with Gasteiger partial charge in [-0.15, -0.1) is 0 Å². The molecule has 1 amide bonds. The van der Waals surface area contributed by atoms with Gasteiger partial charge in [0.15, 0.2) is 5.65 Å². The largest absolute Gasteiger partial charge is 0.326 e. The summed E-state index contributed by atoms with van der Waals surface area (Å²) >= 11 is 5.88. The molecule has 0 atom stereocenters. The number of nitrogens with zero attached hydrogens (tertiary/aromatic N) is 4. The van der Waals surface area contributed by atoms with Gasteiger partial charge in [0, 0.05) is 36.1 Å². The van der Waals surface area contributed by atoms with E-state index in [1.165, 1.54) is 10.9 Å². The Morgan fingerprint density at radius 3 is 2.44 bits per heavy atom. The lowest BCUT2D eigenvalue weighted by molar-refractivity contribution is -0.116. The lowest BCUT2D eigenvalue weighted by atomic mass is 10.1. The van der Waals surface area contributed by atoms with Crippen LogP contribution in [0, 0.1) is 0 Å². The number of rotatable bonds is 6. The van der Waals surface area contributed by atoms with Gasteiger partial charge in [-0.3, -0.25) is 23.7 Å². The summed E-state index contributed by atoms with van der Waals surface area (Å²) in [5, 5.41) is 3.89. The van der Waals surface area contributed by atoms with E-state index in [0.29, 0.717) is 21.7 Å². The third-order valence-corrected chi connectivity index (χ3v) is 5.74. The SMILES string of the molecule is O=C(CCn1cnc2c(cc(-c3ccccc3)n2-c2ccncc2)c1=O)Nc1ccc(Cl)cc1. The van der Waals surface area contributed by atoms with Crippen molar-refractivity contribution in [3.63, 3.8) is 0 Å². The number of anilines is 1. The highest BCUT2D eigenvalue weighted by Gasteiger charge is 2.17. The van der Waals surface area contributed by atoms with Gasteiger partial charge in [-0.25, -0.2) is 4.98 Å². The molecule has 3 aromatic heterocycles. The van der Waals surface area contributed by atoms with E-state index in [0.717, 1.165) is 16.9 Å². The van der Waals surface area contributed by atoms with Crippen LogP contribution in [0.15, 0.2) is 96.3 Å². The Morgan fingerprint density at radius 2 is 1.71 bits per heavy atom. The number of carbonyl (C=O) groups is 1. The van der Waals surface area contributed by atoms with E-state index in [1.807, 2.05) is 53.1 Å². The molecule has 3 heterocycles. The summed E-state index contributed by atoms with van der Waals surface area (Å²) in [6.07, 6.45) is 5.03. The zero-order valence-electron chi connectivity index (χ0n) is 18.1. The predicted octanol–water partition coefficient (Wildman–Crippen LogP) is 4.93. The normalized spacial score (nSPS) is 11.0. The lowest BCUT2D eigenvalue weighted by Crippen LogP contribution is -2.23. The molecule has 168 valence electrons. The molecule has 0 fully saturated rings. The number of nitrogens with one attached hydrogen (secondary N) is 1. The van der Waals surface area contributed by atoms with E-state index in [1.54, 1.807) is 36.7 Å². The van der Waals surface area contributed by atoms with Gasteiger partial charge in [-0.1, -0.05) is 41.9 Å². The minimum atomic E-state index is -0.200. The Hall–Kier alpha value is -4.23. The first-order valence-corrected chi connectivity index (χ1v) is 11.1. The van der Waals surface area contributed by atoms with Gasteiger partial charge < -0.3 is 5.32 Å². The van der Waals surface area contributed by atoms with Crippen LogP contribution in [0.3, 0.4) is 0 Å². The van der Waals surface area contributed by atoms with E-state index >= 15 is 0 Å². The van der Waals surface area contributed by atoms with Crippen molar-refractivity contribution in [2.75, 3.05) is 5.32 Å². The topological polar surface area (TPSA) is 81.8 Å². The second-order valence-corrected chi connectivity index (χ2v) is 8.16. The van der Waals surface area contributed by atoms with Crippen LogP contribution in [0.2, 0.25) is 5.02 Å². The number of halogens is 1. The highest BCUT2D eigenvalue weighted by atomic mass is 35.5. The summed E-state index contributed by atoms with van der Waals surface area (Å²) in [5.41, 5.74) is 3.68. The van der Waals surface area contributed by atoms with Crippen LogP contribution in [-0.4, -0.2) is 25.0 Å². The molecule has 0 saturated heterocycles. The molecular formula is C26H20ClN5O2. The van der Waals surface area contributed by atoms with Crippen molar-refractivity contribution in [2.45, 2.75) is 13.0 Å². The van der Waals surface area contributed by atoms with Gasteiger partial charge in [0.1, 0.15) is 0 Å². The highest BCUT2D eigenvalue weighted by Crippen LogP contribution is 2.29. The molecule has 2 aromatic carbocycles. The van der Waals surface area contributed by atoms with Crippen molar-refractivity contribution in [3.05, 3.63) is 107 Å². The lowest BCUT2D eigenvalue weighted by Gasteiger charge is -2.11. The average molecular weight is 470 g/mol. The zero-order chi connectivity index (χ0) is 23.5. The van der Waals surface area contributed by atoms with Crippen molar-refractivity contribution in [3.8, 4) is 16.9 Å². The minimum Gasteiger partial charge on any atom is -0.326 e. The molecule has 0 unspecified atom stereocenters. The van der Waals surface area contributed by atoms with E-state index in [2.05, 4.69) is 15.3 Å². The smallest absolute Gasteiger partial charge is 0.262 e. The molecular weight excluding hydrogens is 450 g/mol. The molecule has 5 aromatic rings. The molecule has 34 heavy (non-hydrogen) atoms. The van der Waals surface area contributed by atoms with Crippen molar-refractivity contribution >= 4 is 34.2 Å². The Kier molecular flexibility index (Phi) is 5.93. The molecule has 0 aliphatic heterocycles. The number of amides is 1. The van der Waals surface area contributed by atoms with E-state index < -0.39 is 0 Å². The number of pyridine rings is 1. The molecule has 0 aliphatic carbocycles. The fourth-order valence-electron chi connectivity index (χ4n) is 3.83. The molecule has 1 N–H and O–H groups in total. The van der Waals surface area contributed by atoms with Crippen LogP contribution >= 0.6 is 11.6 Å².